The van der Waals surface area contributed by atoms with Gasteiger partial charge in [0.2, 0.25) is 0 Å². The summed E-state index contributed by atoms with van der Waals surface area (Å²) in [5, 5.41) is 3.92. The summed E-state index contributed by atoms with van der Waals surface area (Å²) in [6.45, 7) is 11.9. The molecule has 0 aliphatic heterocycles. The van der Waals surface area contributed by atoms with Crippen LogP contribution in [0.1, 0.15) is 0 Å². The molecular formula is C21H22P+. The lowest BCUT2D eigenvalue weighted by atomic mass is 10.4. The summed E-state index contributed by atoms with van der Waals surface area (Å²) >= 11 is 0. The second-order valence-corrected chi connectivity index (χ2v) is 8.52. The summed E-state index contributed by atoms with van der Waals surface area (Å²) in [5.41, 5.74) is 0. The van der Waals surface area contributed by atoms with E-state index in [1.54, 1.807) is 0 Å². The summed E-state index contributed by atoms with van der Waals surface area (Å²) in [7, 11) is -1.77. The number of hydrogen-bond donors (Lipinski definition) is 0. The fourth-order valence-electron chi connectivity index (χ4n) is 2.79. The van der Waals surface area contributed by atoms with Gasteiger partial charge in [-0.3, -0.25) is 0 Å². The van der Waals surface area contributed by atoms with Crippen molar-refractivity contribution in [2.45, 2.75) is 0 Å². The summed E-state index contributed by atoms with van der Waals surface area (Å²) in [6.07, 6.45) is 8.84. The van der Waals surface area contributed by atoms with Crippen molar-refractivity contribution in [3.8, 4) is 0 Å². The Morgan fingerprint density at radius 1 is 0.818 bits per heavy atom. The Hall–Kier alpha value is -2.17. The zero-order chi connectivity index (χ0) is 15.8. The average Bonchev–Trinajstić information content (AvgIpc) is 2.59. The van der Waals surface area contributed by atoms with Gasteiger partial charge in [0.05, 0.1) is 6.16 Å². The van der Waals surface area contributed by atoms with Gasteiger partial charge < -0.3 is 0 Å². The molecule has 1 heteroatoms. The molecule has 0 nitrogen and oxygen atoms in total. The monoisotopic (exact) mass is 305 g/mol. The van der Waals surface area contributed by atoms with Crippen LogP contribution in [0.3, 0.4) is 0 Å². The molecule has 2 aromatic rings. The molecule has 0 heterocycles. The molecule has 0 aliphatic rings. The predicted octanol–water partition coefficient (Wildman–Crippen LogP) is 5.10. The van der Waals surface area contributed by atoms with Crippen molar-refractivity contribution in [2.75, 3.05) is 6.16 Å². The Balaban J connectivity index is 2.81. The van der Waals surface area contributed by atoms with Crippen LogP contribution in [-0.2, 0) is 0 Å². The fourth-order valence-corrected chi connectivity index (χ4v) is 6.74. The topological polar surface area (TPSA) is 0 Å². The predicted molar refractivity (Wildman–Crippen MR) is 103 cm³/mol. The molecule has 0 radical (unpaired) electrons. The molecule has 0 bridgehead atoms. The molecule has 0 N–H and O–H groups in total. The number of allylic oxidation sites excluding steroid dienone is 5. The van der Waals surface area contributed by atoms with E-state index in [1.807, 2.05) is 18.2 Å². The van der Waals surface area contributed by atoms with Gasteiger partial charge in [-0.2, -0.15) is 0 Å². The highest BCUT2D eigenvalue weighted by Gasteiger charge is 2.44. The first-order valence-corrected chi connectivity index (χ1v) is 9.33. The zero-order valence-electron chi connectivity index (χ0n) is 12.9. The normalized spacial score (nSPS) is 11.7. The second-order valence-electron chi connectivity index (χ2n) is 4.98. The Morgan fingerprint density at radius 3 is 1.68 bits per heavy atom. The molecule has 2 aromatic carbocycles. The highest BCUT2D eigenvalue weighted by atomic mass is 31.2. The van der Waals surface area contributed by atoms with Crippen LogP contribution in [-0.4, -0.2) is 6.16 Å². The largest absolute Gasteiger partial charge is 0.115 e. The van der Waals surface area contributed by atoms with Crippen molar-refractivity contribution in [3.63, 3.8) is 0 Å². The van der Waals surface area contributed by atoms with Crippen LogP contribution in [0.15, 0.2) is 110 Å². The zero-order valence-corrected chi connectivity index (χ0v) is 13.8. The molecule has 2 rings (SSSR count). The summed E-state index contributed by atoms with van der Waals surface area (Å²) in [6, 6.07) is 21.4. The van der Waals surface area contributed by atoms with Crippen LogP contribution in [0.4, 0.5) is 0 Å². The van der Waals surface area contributed by atoms with Crippen LogP contribution in [0.25, 0.3) is 0 Å². The van der Waals surface area contributed by atoms with Crippen LogP contribution in [0.5, 0.6) is 0 Å². The van der Waals surface area contributed by atoms with E-state index in [0.717, 1.165) is 6.16 Å². The van der Waals surface area contributed by atoms with Crippen molar-refractivity contribution in [1.82, 2.24) is 0 Å². The molecule has 0 spiro atoms. The Morgan fingerprint density at radius 2 is 1.32 bits per heavy atom. The number of rotatable bonds is 7. The van der Waals surface area contributed by atoms with E-state index in [0.29, 0.717) is 0 Å². The Kier molecular flexibility index (Phi) is 5.69. The van der Waals surface area contributed by atoms with Crippen molar-refractivity contribution < 1.29 is 0 Å². The van der Waals surface area contributed by atoms with Crippen LogP contribution in [0, 0.1) is 0 Å². The minimum atomic E-state index is -1.77. The van der Waals surface area contributed by atoms with Crippen LogP contribution < -0.4 is 10.6 Å². The Bertz CT molecular complexity index is 626. The molecule has 0 amide bonds. The highest BCUT2D eigenvalue weighted by Crippen LogP contribution is 2.63. The third-order valence-electron chi connectivity index (χ3n) is 3.74. The van der Waals surface area contributed by atoms with Gasteiger partial charge in [-0.1, -0.05) is 68.3 Å². The van der Waals surface area contributed by atoms with E-state index in [-0.39, 0.29) is 0 Å². The van der Waals surface area contributed by atoms with E-state index in [1.165, 1.54) is 15.9 Å². The first kappa shape index (κ1) is 16.2. The first-order valence-electron chi connectivity index (χ1n) is 7.35. The lowest BCUT2D eigenvalue weighted by molar-refractivity contribution is 1.65. The molecule has 110 valence electrons. The molecular weight excluding hydrogens is 283 g/mol. The standard InChI is InChI=1S/C21H22P/c1-4-13-19(6-3)22(18-5-2,20-14-9-7-10-15-20)21-16-11-8-12-17-21/h4-17H,1-3,18H2/q+1/b19-13+. The molecule has 0 saturated heterocycles. The number of hydrogen-bond acceptors (Lipinski definition) is 0. The molecule has 0 saturated carbocycles. The minimum absolute atomic E-state index is 0.909. The molecule has 0 aromatic heterocycles. The summed E-state index contributed by atoms with van der Waals surface area (Å²) in [5.74, 6) is 0. The molecule has 0 unspecified atom stereocenters. The number of benzene rings is 2. The smallest absolute Gasteiger partial charge is 0.0995 e. The lowest BCUT2D eigenvalue weighted by Crippen LogP contribution is -2.25. The van der Waals surface area contributed by atoms with Crippen LogP contribution in [0.2, 0.25) is 0 Å². The molecule has 0 fully saturated rings. The van der Waals surface area contributed by atoms with E-state index in [2.05, 4.69) is 86.5 Å². The van der Waals surface area contributed by atoms with Gasteiger partial charge in [0.15, 0.2) is 0 Å². The van der Waals surface area contributed by atoms with Gasteiger partial charge in [0, 0.05) is 0 Å². The van der Waals surface area contributed by atoms with E-state index in [9.17, 15) is 0 Å². The average molecular weight is 305 g/mol. The highest BCUT2D eigenvalue weighted by molar-refractivity contribution is 7.93. The third kappa shape index (κ3) is 3.03. The maximum absolute atomic E-state index is 4.06. The van der Waals surface area contributed by atoms with Gasteiger partial charge in [0.25, 0.3) is 0 Å². The van der Waals surface area contributed by atoms with Gasteiger partial charge in [0.1, 0.15) is 23.2 Å². The molecule has 22 heavy (non-hydrogen) atoms. The van der Waals surface area contributed by atoms with E-state index >= 15 is 0 Å². The van der Waals surface area contributed by atoms with E-state index < -0.39 is 7.26 Å². The first-order chi connectivity index (χ1) is 10.8. The van der Waals surface area contributed by atoms with Gasteiger partial charge in [-0.05, 0) is 36.4 Å². The van der Waals surface area contributed by atoms with Gasteiger partial charge >= 0.3 is 0 Å². The summed E-state index contributed by atoms with van der Waals surface area (Å²) in [4.78, 5) is 0. The van der Waals surface area contributed by atoms with Crippen molar-refractivity contribution in [2.24, 2.45) is 0 Å². The van der Waals surface area contributed by atoms with Crippen molar-refractivity contribution >= 4 is 17.9 Å². The van der Waals surface area contributed by atoms with Crippen LogP contribution >= 0.6 is 7.26 Å². The molecule has 0 atom stereocenters. The SMILES string of the molecule is C=C/C=C(\C=C)[P+](CC=C)(c1ccccc1)c1ccccc1. The maximum atomic E-state index is 4.06. The van der Waals surface area contributed by atoms with Gasteiger partial charge in [-0.15, -0.1) is 0 Å². The second kappa shape index (κ2) is 7.73. The fraction of sp³-hybridized carbons (Fsp3) is 0.0476. The lowest BCUT2D eigenvalue weighted by Gasteiger charge is -2.27. The minimum Gasteiger partial charge on any atom is -0.0995 e. The van der Waals surface area contributed by atoms with Crippen molar-refractivity contribution in [3.05, 3.63) is 110 Å². The Labute approximate surface area is 134 Å². The summed E-state index contributed by atoms with van der Waals surface area (Å²) < 4.78 is 0. The van der Waals surface area contributed by atoms with Gasteiger partial charge in [-0.25, -0.2) is 0 Å². The van der Waals surface area contributed by atoms with E-state index in [4.69, 9.17) is 0 Å². The molecule has 0 aliphatic carbocycles. The van der Waals surface area contributed by atoms with Crippen molar-refractivity contribution in [1.29, 1.82) is 0 Å². The third-order valence-corrected chi connectivity index (χ3v) is 8.11. The quantitative estimate of drug-likeness (QED) is 0.379. The maximum Gasteiger partial charge on any atom is 0.115 e.